The van der Waals surface area contributed by atoms with Crippen LogP contribution in [0.15, 0.2) is 24.3 Å². The molecule has 5 unspecified atom stereocenters. The van der Waals surface area contributed by atoms with E-state index in [9.17, 15) is 29.7 Å². The third-order valence-corrected chi connectivity index (χ3v) is 4.57. The van der Waals surface area contributed by atoms with Gasteiger partial charge in [-0.25, -0.2) is 4.79 Å². The first-order valence-electron chi connectivity index (χ1n) is 9.11. The maximum Gasteiger partial charge on any atom is 0.326 e. The Hall–Kier alpha value is -2.65. The maximum absolute atomic E-state index is 12.5. The average molecular weight is 395 g/mol. The summed E-state index contributed by atoms with van der Waals surface area (Å²) in [4.78, 5) is 36.2. The Bertz CT molecular complexity index is 677. The first kappa shape index (κ1) is 23.4. The summed E-state index contributed by atoms with van der Waals surface area (Å²) in [7, 11) is 0. The number of hydrogen-bond acceptors (Lipinski definition) is 6. The molecule has 0 fully saturated rings. The molecule has 0 saturated carbocycles. The van der Waals surface area contributed by atoms with Crippen molar-refractivity contribution in [1.29, 1.82) is 0 Å². The number of rotatable bonds is 10. The molecule has 0 aliphatic heterocycles. The van der Waals surface area contributed by atoms with Gasteiger partial charge >= 0.3 is 5.97 Å². The zero-order chi connectivity index (χ0) is 21.4. The molecule has 0 spiro atoms. The number of aliphatic carboxylic acids is 1. The van der Waals surface area contributed by atoms with Crippen molar-refractivity contribution in [3.05, 3.63) is 29.8 Å². The molecule has 28 heavy (non-hydrogen) atoms. The summed E-state index contributed by atoms with van der Waals surface area (Å²) in [5, 5.41) is 33.2. The van der Waals surface area contributed by atoms with Crippen LogP contribution in [0.1, 0.15) is 32.8 Å². The fraction of sp³-hybridized carbons (Fsp3) is 0.526. The molecule has 2 amide bonds. The Balaban J connectivity index is 2.79. The molecule has 0 saturated heterocycles. The number of aromatic hydroxyl groups is 1. The number of amides is 2. The van der Waals surface area contributed by atoms with Gasteiger partial charge in [0.15, 0.2) is 0 Å². The van der Waals surface area contributed by atoms with E-state index in [0.717, 1.165) is 0 Å². The van der Waals surface area contributed by atoms with Crippen LogP contribution in [0.5, 0.6) is 5.75 Å². The van der Waals surface area contributed by atoms with Crippen LogP contribution in [0.25, 0.3) is 0 Å². The highest BCUT2D eigenvalue weighted by molar-refractivity contribution is 5.92. The summed E-state index contributed by atoms with van der Waals surface area (Å²) in [5.74, 6) is -2.90. The highest BCUT2D eigenvalue weighted by Crippen LogP contribution is 2.11. The first-order chi connectivity index (χ1) is 13.1. The van der Waals surface area contributed by atoms with Crippen molar-refractivity contribution in [2.75, 3.05) is 0 Å². The zero-order valence-corrected chi connectivity index (χ0v) is 16.3. The van der Waals surface area contributed by atoms with Crippen LogP contribution in [0, 0.1) is 5.92 Å². The van der Waals surface area contributed by atoms with Gasteiger partial charge in [-0.2, -0.15) is 0 Å². The first-order valence-corrected chi connectivity index (χ1v) is 9.11. The lowest BCUT2D eigenvalue weighted by Gasteiger charge is -2.26. The summed E-state index contributed by atoms with van der Waals surface area (Å²) < 4.78 is 0. The number of aliphatic hydroxyl groups is 1. The molecule has 0 heterocycles. The number of phenolic OH excluding ortho intramolecular Hbond substituents is 1. The molecule has 0 bridgehead atoms. The van der Waals surface area contributed by atoms with E-state index in [0.29, 0.717) is 12.0 Å². The number of carboxylic acid groups (broad SMARTS) is 1. The highest BCUT2D eigenvalue weighted by atomic mass is 16.4. The molecule has 5 atom stereocenters. The summed E-state index contributed by atoms with van der Waals surface area (Å²) in [6.07, 6.45) is -0.568. The lowest BCUT2D eigenvalue weighted by atomic mass is 9.98. The van der Waals surface area contributed by atoms with Gasteiger partial charge in [0.1, 0.15) is 17.8 Å². The number of nitrogens with one attached hydrogen (secondary N) is 2. The van der Waals surface area contributed by atoms with Crippen molar-refractivity contribution in [3.63, 3.8) is 0 Å². The molecule has 9 nitrogen and oxygen atoms in total. The second kappa shape index (κ2) is 10.6. The largest absolute Gasteiger partial charge is 0.508 e. The van der Waals surface area contributed by atoms with Gasteiger partial charge in [-0.1, -0.05) is 32.4 Å². The normalized spacial score (nSPS) is 16.3. The fourth-order valence-corrected chi connectivity index (χ4v) is 2.57. The van der Waals surface area contributed by atoms with Crippen molar-refractivity contribution in [2.45, 2.75) is 57.8 Å². The Morgan fingerprint density at radius 1 is 1.04 bits per heavy atom. The van der Waals surface area contributed by atoms with Crippen molar-refractivity contribution < 1.29 is 29.7 Å². The van der Waals surface area contributed by atoms with Gasteiger partial charge < -0.3 is 31.7 Å². The Kier molecular flexibility index (Phi) is 8.87. The number of carbonyl (C=O) groups excluding carboxylic acids is 2. The van der Waals surface area contributed by atoms with Gasteiger partial charge in [0, 0.05) is 0 Å². The quantitative estimate of drug-likeness (QED) is 0.318. The van der Waals surface area contributed by atoms with E-state index in [1.807, 2.05) is 0 Å². The van der Waals surface area contributed by atoms with E-state index in [4.69, 9.17) is 5.73 Å². The molecule has 7 N–H and O–H groups in total. The molecule has 0 aliphatic rings. The van der Waals surface area contributed by atoms with Gasteiger partial charge in [-0.15, -0.1) is 0 Å². The number of carboxylic acids is 1. The molecule has 0 aliphatic carbocycles. The van der Waals surface area contributed by atoms with E-state index in [1.165, 1.54) is 19.1 Å². The molecule has 9 heteroatoms. The predicted molar refractivity (Wildman–Crippen MR) is 102 cm³/mol. The minimum atomic E-state index is -1.34. The number of carbonyl (C=O) groups is 3. The molecule has 1 aromatic carbocycles. The van der Waals surface area contributed by atoms with E-state index in [-0.39, 0.29) is 18.1 Å². The Morgan fingerprint density at radius 2 is 1.57 bits per heavy atom. The standard InChI is InChI=1S/C19H29N3O6/c1-4-10(2)15(19(27)28)21-18(26)16(11(3)23)22-17(25)14(20)9-12-5-7-13(24)8-6-12/h5-8,10-11,14-16,23-24H,4,9,20H2,1-3H3,(H,21,26)(H,22,25)(H,27,28). The monoisotopic (exact) mass is 395 g/mol. The van der Waals surface area contributed by atoms with E-state index in [1.54, 1.807) is 26.0 Å². The third kappa shape index (κ3) is 6.82. The molecule has 156 valence electrons. The third-order valence-electron chi connectivity index (χ3n) is 4.57. The topological polar surface area (TPSA) is 162 Å². The van der Waals surface area contributed by atoms with Crippen LogP contribution in [-0.2, 0) is 20.8 Å². The van der Waals surface area contributed by atoms with E-state index < -0.39 is 42.0 Å². The average Bonchev–Trinajstić information content (AvgIpc) is 2.64. The number of nitrogens with two attached hydrogens (primary N) is 1. The van der Waals surface area contributed by atoms with Crippen LogP contribution < -0.4 is 16.4 Å². The summed E-state index contributed by atoms with van der Waals surface area (Å²) in [6.45, 7) is 4.79. The number of benzene rings is 1. The minimum absolute atomic E-state index is 0.0851. The molecular weight excluding hydrogens is 366 g/mol. The molecule has 0 aromatic heterocycles. The van der Waals surface area contributed by atoms with Gasteiger partial charge in [-0.05, 0) is 37.0 Å². The summed E-state index contributed by atoms with van der Waals surface area (Å²) in [6, 6.07) is 2.68. The number of aliphatic hydroxyl groups excluding tert-OH is 1. The van der Waals surface area contributed by atoms with E-state index >= 15 is 0 Å². The van der Waals surface area contributed by atoms with E-state index in [2.05, 4.69) is 10.6 Å². The van der Waals surface area contributed by atoms with Gasteiger partial charge in [-0.3, -0.25) is 9.59 Å². The zero-order valence-electron chi connectivity index (χ0n) is 16.3. The minimum Gasteiger partial charge on any atom is -0.508 e. The molecular formula is C19H29N3O6. The second-order valence-electron chi connectivity index (χ2n) is 6.91. The molecule has 1 rings (SSSR count). The van der Waals surface area contributed by atoms with Gasteiger partial charge in [0.2, 0.25) is 11.8 Å². The highest BCUT2D eigenvalue weighted by Gasteiger charge is 2.32. The Labute approximate surface area is 163 Å². The smallest absolute Gasteiger partial charge is 0.326 e. The van der Waals surface area contributed by atoms with Crippen molar-refractivity contribution in [3.8, 4) is 5.75 Å². The van der Waals surface area contributed by atoms with Gasteiger partial charge in [0.25, 0.3) is 0 Å². The molecule has 1 aromatic rings. The molecule has 0 radical (unpaired) electrons. The predicted octanol–water partition coefficient (Wildman–Crippen LogP) is -0.257. The lowest BCUT2D eigenvalue weighted by molar-refractivity contribution is -0.144. The lowest BCUT2D eigenvalue weighted by Crippen LogP contribution is -2.59. The van der Waals surface area contributed by atoms with Crippen molar-refractivity contribution in [2.24, 2.45) is 11.7 Å². The number of phenols is 1. The van der Waals surface area contributed by atoms with Crippen LogP contribution in [0.3, 0.4) is 0 Å². The fourth-order valence-electron chi connectivity index (χ4n) is 2.57. The van der Waals surface area contributed by atoms with Crippen LogP contribution >= 0.6 is 0 Å². The summed E-state index contributed by atoms with van der Waals surface area (Å²) >= 11 is 0. The number of hydrogen-bond donors (Lipinski definition) is 6. The van der Waals surface area contributed by atoms with Crippen LogP contribution in [0.2, 0.25) is 0 Å². The maximum atomic E-state index is 12.5. The van der Waals surface area contributed by atoms with Crippen molar-refractivity contribution in [1.82, 2.24) is 10.6 Å². The SMILES string of the molecule is CCC(C)C(NC(=O)C(NC(=O)C(N)Cc1ccc(O)cc1)C(C)O)C(=O)O. The summed E-state index contributed by atoms with van der Waals surface area (Å²) in [5.41, 5.74) is 6.58. The van der Waals surface area contributed by atoms with Crippen molar-refractivity contribution >= 4 is 17.8 Å². The Morgan fingerprint density at radius 3 is 2.04 bits per heavy atom. The van der Waals surface area contributed by atoms with Crippen LogP contribution in [-0.4, -0.2) is 57.3 Å². The van der Waals surface area contributed by atoms with Crippen LogP contribution in [0.4, 0.5) is 0 Å². The second-order valence-corrected chi connectivity index (χ2v) is 6.91. The van der Waals surface area contributed by atoms with Gasteiger partial charge in [0.05, 0.1) is 12.1 Å².